The number of sulfone groups is 1. The van der Waals surface area contributed by atoms with E-state index < -0.39 is 21.8 Å². The van der Waals surface area contributed by atoms with E-state index >= 15 is 0 Å². The van der Waals surface area contributed by atoms with Gasteiger partial charge in [0.2, 0.25) is 0 Å². The van der Waals surface area contributed by atoms with Gasteiger partial charge in [0.15, 0.2) is 9.84 Å². The Bertz CT molecular complexity index is 1310. The molecule has 0 aliphatic heterocycles. The number of esters is 1. The van der Waals surface area contributed by atoms with Crippen LogP contribution in [0.1, 0.15) is 68.5 Å². The Kier molecular flexibility index (Phi) is 6.56. The summed E-state index contributed by atoms with van der Waals surface area (Å²) in [5.41, 5.74) is 2.95. The third kappa shape index (κ3) is 4.53. The van der Waals surface area contributed by atoms with Crippen molar-refractivity contribution in [1.82, 2.24) is 4.57 Å². The molecule has 5 nitrogen and oxygen atoms in total. The number of halogens is 2. The highest BCUT2D eigenvalue weighted by atomic mass is 35.5. The summed E-state index contributed by atoms with van der Waals surface area (Å²) < 4.78 is 47.9. The van der Waals surface area contributed by atoms with Crippen LogP contribution in [0.3, 0.4) is 0 Å². The van der Waals surface area contributed by atoms with Crippen LogP contribution >= 0.6 is 11.6 Å². The van der Waals surface area contributed by atoms with Gasteiger partial charge in [0, 0.05) is 23.1 Å². The number of hydrogen-bond donors (Lipinski definition) is 0. The molecule has 1 heterocycles. The number of benzene rings is 2. The second-order valence-corrected chi connectivity index (χ2v) is 11.1. The van der Waals surface area contributed by atoms with Crippen molar-refractivity contribution in [2.45, 2.75) is 63.0 Å². The zero-order valence-corrected chi connectivity index (χ0v) is 20.5. The molecule has 0 saturated carbocycles. The summed E-state index contributed by atoms with van der Waals surface area (Å²) in [5.74, 6) is -0.895. The average molecular weight is 492 g/mol. The van der Waals surface area contributed by atoms with Crippen molar-refractivity contribution < 1.29 is 22.3 Å². The van der Waals surface area contributed by atoms with E-state index in [1.807, 2.05) is 30.5 Å². The summed E-state index contributed by atoms with van der Waals surface area (Å²) in [6, 6.07) is 9.50. The predicted molar refractivity (Wildman–Crippen MR) is 127 cm³/mol. The van der Waals surface area contributed by atoms with E-state index in [1.165, 1.54) is 6.07 Å². The lowest BCUT2D eigenvalue weighted by molar-refractivity contribution is -0.150. The minimum atomic E-state index is -3.74. The number of ether oxygens (including phenoxy) is 1. The molecule has 8 heteroatoms. The summed E-state index contributed by atoms with van der Waals surface area (Å²) >= 11 is 6.08. The quantitative estimate of drug-likeness (QED) is 0.387. The molecular weight excluding hydrogens is 465 g/mol. The normalized spacial score (nSPS) is 17.1. The van der Waals surface area contributed by atoms with E-state index in [9.17, 15) is 17.6 Å². The van der Waals surface area contributed by atoms with Crippen molar-refractivity contribution in [3.05, 3.63) is 64.1 Å². The molecule has 1 unspecified atom stereocenters. The van der Waals surface area contributed by atoms with Gasteiger partial charge in [0.05, 0.1) is 22.1 Å². The summed E-state index contributed by atoms with van der Waals surface area (Å²) in [5, 5.41) is 1.15. The number of aromatic nitrogens is 1. The number of carbonyl (C=O) groups is 1. The van der Waals surface area contributed by atoms with Gasteiger partial charge in [-0.1, -0.05) is 30.7 Å². The van der Waals surface area contributed by atoms with Crippen LogP contribution in [0.15, 0.2) is 41.3 Å². The Morgan fingerprint density at radius 1 is 1.27 bits per heavy atom. The Labute approximate surface area is 198 Å². The van der Waals surface area contributed by atoms with E-state index in [4.69, 9.17) is 16.3 Å². The molecule has 3 aromatic rings. The molecule has 0 bridgehead atoms. The number of aryl methyl sites for hydroxylation is 1. The summed E-state index contributed by atoms with van der Waals surface area (Å²) in [6.45, 7) is 3.87. The first-order chi connectivity index (χ1) is 15.6. The third-order valence-corrected chi connectivity index (χ3v) is 7.60. The first kappa shape index (κ1) is 23.8. The van der Waals surface area contributed by atoms with Gasteiger partial charge >= 0.3 is 5.97 Å². The molecule has 0 saturated heterocycles. The Morgan fingerprint density at radius 3 is 2.61 bits per heavy atom. The van der Waals surface area contributed by atoms with Crippen LogP contribution in [0.2, 0.25) is 5.02 Å². The number of fused-ring (bicyclic) bond motifs is 3. The summed E-state index contributed by atoms with van der Waals surface area (Å²) in [6.07, 6.45) is 3.59. The van der Waals surface area contributed by atoms with Gasteiger partial charge in [-0.15, -0.1) is 0 Å². The summed E-state index contributed by atoms with van der Waals surface area (Å²) in [4.78, 5) is 12.3. The molecule has 1 aliphatic carbocycles. The highest BCUT2D eigenvalue weighted by molar-refractivity contribution is 7.91. The molecule has 176 valence electrons. The van der Waals surface area contributed by atoms with Gasteiger partial charge in [-0.3, -0.25) is 4.79 Å². The Morgan fingerprint density at radius 2 is 1.97 bits per heavy atom. The Hall–Kier alpha value is -2.38. The monoisotopic (exact) mass is 491 g/mol. The minimum Gasteiger partial charge on any atom is -0.456 e. The van der Waals surface area contributed by atoms with Crippen LogP contribution in [0.4, 0.5) is 4.39 Å². The van der Waals surface area contributed by atoms with E-state index in [0.29, 0.717) is 41.6 Å². The number of rotatable bonds is 6. The molecule has 1 aromatic heterocycles. The topological polar surface area (TPSA) is 65.4 Å². The number of hydrogen-bond acceptors (Lipinski definition) is 4. The maximum Gasteiger partial charge on any atom is 0.306 e. The van der Waals surface area contributed by atoms with Crippen molar-refractivity contribution in [3.63, 3.8) is 0 Å². The molecule has 0 fully saturated rings. The average Bonchev–Trinajstić information content (AvgIpc) is 3.08. The molecule has 0 spiro atoms. The lowest BCUT2D eigenvalue weighted by Crippen LogP contribution is -2.22. The third-order valence-electron chi connectivity index (χ3n) is 6.24. The van der Waals surface area contributed by atoms with Crippen molar-refractivity contribution in [2.75, 3.05) is 6.26 Å². The predicted octanol–water partition coefficient (Wildman–Crippen LogP) is 6.17. The van der Waals surface area contributed by atoms with Crippen LogP contribution < -0.4 is 0 Å². The van der Waals surface area contributed by atoms with Gasteiger partial charge in [-0.05, 0) is 68.0 Å². The first-order valence-electron chi connectivity index (χ1n) is 11.1. The van der Waals surface area contributed by atoms with Crippen LogP contribution in [0.25, 0.3) is 10.9 Å². The molecule has 1 aliphatic rings. The highest BCUT2D eigenvalue weighted by Gasteiger charge is 2.34. The molecule has 0 amide bonds. The molecular formula is C25H27ClFNO4S. The number of nitrogens with zero attached hydrogens (tertiary/aromatic N) is 1. The smallest absolute Gasteiger partial charge is 0.306 e. The second kappa shape index (κ2) is 9.11. The largest absolute Gasteiger partial charge is 0.456 e. The fourth-order valence-electron chi connectivity index (χ4n) is 4.78. The SMILES string of the molecule is CCCC(=O)O[C@H]1CCCc2c1n(C(C)c1ccc(Cl)cc1)c1c(S(C)(=O)=O)cc(F)cc21. The fraction of sp³-hybridized carbons (Fsp3) is 0.400. The molecule has 0 N–H and O–H groups in total. The second-order valence-electron chi connectivity index (χ2n) is 8.65. The van der Waals surface area contributed by atoms with E-state index in [1.54, 1.807) is 12.1 Å². The molecule has 4 rings (SSSR count). The van der Waals surface area contributed by atoms with E-state index in [0.717, 1.165) is 35.6 Å². The Balaban J connectivity index is 2.04. The molecule has 2 aromatic carbocycles. The van der Waals surface area contributed by atoms with Crippen molar-refractivity contribution >= 4 is 38.3 Å². The molecule has 2 atom stereocenters. The number of carbonyl (C=O) groups excluding carboxylic acids is 1. The van der Waals surface area contributed by atoms with Crippen LogP contribution in [-0.2, 0) is 25.8 Å². The van der Waals surface area contributed by atoms with Crippen LogP contribution in [-0.4, -0.2) is 25.2 Å². The highest BCUT2D eigenvalue weighted by Crippen LogP contribution is 2.44. The first-order valence-corrected chi connectivity index (χ1v) is 13.4. The van der Waals surface area contributed by atoms with E-state index in [-0.39, 0.29) is 16.9 Å². The van der Waals surface area contributed by atoms with Gasteiger partial charge < -0.3 is 9.30 Å². The van der Waals surface area contributed by atoms with E-state index in [2.05, 4.69) is 0 Å². The van der Waals surface area contributed by atoms with Gasteiger partial charge in [-0.25, -0.2) is 12.8 Å². The standard InChI is InChI=1S/C25H27ClFNO4S/c1-4-6-23(29)32-21-8-5-7-19-20-13-18(27)14-22(33(3,30)31)25(20)28(24(19)21)15(2)16-9-11-17(26)12-10-16/h9-15,21H,4-8H2,1-3H3/t15?,21-/m0/s1. The maximum absolute atomic E-state index is 14.6. The van der Waals surface area contributed by atoms with Gasteiger partial charge in [0.25, 0.3) is 0 Å². The lowest BCUT2D eigenvalue weighted by atomic mass is 9.93. The lowest BCUT2D eigenvalue weighted by Gasteiger charge is -2.28. The van der Waals surface area contributed by atoms with Gasteiger partial charge in [0.1, 0.15) is 11.9 Å². The molecule has 33 heavy (non-hydrogen) atoms. The summed E-state index contributed by atoms with van der Waals surface area (Å²) in [7, 11) is -3.74. The molecule has 0 radical (unpaired) electrons. The van der Waals surface area contributed by atoms with Gasteiger partial charge in [-0.2, -0.15) is 0 Å². The maximum atomic E-state index is 14.6. The fourth-order valence-corrected chi connectivity index (χ4v) is 5.79. The van der Waals surface area contributed by atoms with Crippen molar-refractivity contribution in [2.24, 2.45) is 0 Å². The van der Waals surface area contributed by atoms with Crippen molar-refractivity contribution in [1.29, 1.82) is 0 Å². The van der Waals surface area contributed by atoms with Crippen LogP contribution in [0.5, 0.6) is 0 Å². The van der Waals surface area contributed by atoms with Crippen LogP contribution in [0, 0.1) is 5.82 Å². The zero-order valence-electron chi connectivity index (χ0n) is 18.9. The van der Waals surface area contributed by atoms with Crippen molar-refractivity contribution in [3.8, 4) is 0 Å². The zero-order chi connectivity index (χ0) is 23.9. The minimum absolute atomic E-state index is 0.0636.